The minimum Gasteiger partial charge on any atom is -0.495 e. The Morgan fingerprint density at radius 1 is 1.23 bits per heavy atom. The van der Waals surface area contributed by atoms with Crippen LogP contribution in [0.15, 0.2) is 53.1 Å². The SMILES string of the molecule is COc1cc2cc(c1Cl)N(C)C(=O)C[C@H](OC(=O)[C@H](C)N(C)C(=O)c1ccc([N+](=O)[O-])c3c1CCC=N3)[C@]1(C)O[C@H]1[C@H](C)[C@@H]1C[C@@](O)(NC(=O)O1)[C@H](OC)/C=C/C=C(\C)C2. The summed E-state index contributed by atoms with van der Waals surface area (Å²) in [7, 11) is 5.83. The van der Waals surface area contributed by atoms with E-state index in [4.69, 9.17) is 35.3 Å². The number of nitro groups is 1. The van der Waals surface area contributed by atoms with E-state index in [9.17, 15) is 34.4 Å². The molecule has 0 unspecified atom stereocenters. The lowest BCUT2D eigenvalue weighted by Crippen LogP contribution is -2.63. The van der Waals surface area contributed by atoms with E-state index in [-0.39, 0.29) is 28.4 Å². The fourth-order valence-corrected chi connectivity index (χ4v) is 8.41. The molecular formula is C42H50ClN5O12. The summed E-state index contributed by atoms with van der Waals surface area (Å²) in [6, 6.07) is 4.89. The third-order valence-electron chi connectivity index (χ3n) is 11.9. The maximum atomic E-state index is 14.3. The minimum absolute atomic E-state index is 0.0945. The number of nitrogens with one attached hydrogen (secondary N) is 1. The van der Waals surface area contributed by atoms with Gasteiger partial charge in [-0.3, -0.25) is 30.0 Å². The molecule has 3 amide bonds. The third kappa shape index (κ3) is 8.62. The van der Waals surface area contributed by atoms with Gasteiger partial charge in [0.1, 0.15) is 46.4 Å². The highest BCUT2D eigenvalue weighted by molar-refractivity contribution is 6.35. The number of anilines is 1. The number of carbonyl (C=O) groups is 4. The van der Waals surface area contributed by atoms with Gasteiger partial charge in [-0.05, 0) is 69.4 Å². The van der Waals surface area contributed by atoms with E-state index in [0.29, 0.717) is 36.3 Å². The first kappa shape index (κ1) is 44.2. The number of aliphatic imine (C=N–C) groups is 1. The zero-order valence-electron chi connectivity index (χ0n) is 34.7. The molecule has 4 heterocycles. The van der Waals surface area contributed by atoms with E-state index in [1.54, 1.807) is 51.4 Å². The summed E-state index contributed by atoms with van der Waals surface area (Å²) in [4.78, 5) is 73.2. The van der Waals surface area contributed by atoms with Crippen molar-refractivity contribution in [2.24, 2.45) is 10.9 Å². The molecule has 0 spiro atoms. The number of allylic oxidation sites excluding steroid dienone is 3. The molecule has 2 fully saturated rings. The van der Waals surface area contributed by atoms with Gasteiger partial charge < -0.3 is 38.6 Å². The molecule has 322 valence electrons. The van der Waals surface area contributed by atoms with Gasteiger partial charge in [-0.15, -0.1) is 0 Å². The van der Waals surface area contributed by atoms with Gasteiger partial charge in [-0.25, -0.2) is 9.59 Å². The van der Waals surface area contributed by atoms with E-state index in [1.807, 2.05) is 13.0 Å². The molecule has 6 rings (SSSR count). The van der Waals surface area contributed by atoms with Gasteiger partial charge in [0, 0.05) is 51.4 Å². The Kier molecular flexibility index (Phi) is 12.8. The van der Waals surface area contributed by atoms with Gasteiger partial charge in [0.2, 0.25) is 5.91 Å². The zero-order valence-corrected chi connectivity index (χ0v) is 35.5. The fraction of sp³-hybridized carbons (Fsp3) is 0.500. The van der Waals surface area contributed by atoms with Crippen LogP contribution in [0.25, 0.3) is 0 Å². The molecule has 0 saturated carbocycles. The maximum absolute atomic E-state index is 14.3. The second-order valence-corrected chi connectivity index (χ2v) is 16.3. The predicted molar refractivity (Wildman–Crippen MR) is 220 cm³/mol. The van der Waals surface area contributed by atoms with Crippen molar-refractivity contribution in [3.63, 3.8) is 0 Å². The summed E-state index contributed by atoms with van der Waals surface area (Å²) in [6.07, 6.45) is 2.74. The molecule has 17 nitrogen and oxygen atoms in total. The molecule has 8 atom stereocenters. The standard InChI is InChI=1S/C42H50ClN5O12/c1-22-11-9-13-32(57-8)42(53)21-31(58-40(52)45-42)23(2)37-41(4,60-37)33(20-34(49)47(6)29-18-25(17-22)19-30(56-7)35(29)43)59-39(51)24(3)46(5)38(50)27-14-15-28(48(54)55)36-26(27)12-10-16-44-36/h9,11,13-16,18-19,23-24,31-33,37,53H,10,12,17,20-21H2,1-8H3,(H,45,52)/b13-9+,22-11+/t23-,24+,31+,32-,33+,37+,41+,42+/m1/s1. The Bertz CT molecular complexity index is 2180. The van der Waals surface area contributed by atoms with E-state index < -0.39 is 82.9 Å². The number of nitro benzene ring substituents is 1. The summed E-state index contributed by atoms with van der Waals surface area (Å²) in [5.74, 6) is -2.20. The van der Waals surface area contributed by atoms with E-state index >= 15 is 0 Å². The average molecular weight is 852 g/mol. The number of alkyl carbamates (subject to hydrolysis) is 1. The summed E-state index contributed by atoms with van der Waals surface area (Å²) >= 11 is 6.79. The number of hydrogen-bond donors (Lipinski definition) is 2. The predicted octanol–water partition coefficient (Wildman–Crippen LogP) is 5.39. The fourth-order valence-electron chi connectivity index (χ4n) is 8.10. The number of nitrogens with zero attached hydrogens (tertiary/aromatic N) is 4. The number of ether oxygens (including phenoxy) is 5. The zero-order chi connectivity index (χ0) is 43.8. The molecule has 60 heavy (non-hydrogen) atoms. The molecule has 0 radical (unpaired) electrons. The van der Waals surface area contributed by atoms with Crippen LogP contribution in [0.1, 0.15) is 68.4 Å². The molecule has 4 aliphatic heterocycles. The highest BCUT2D eigenvalue weighted by atomic mass is 35.5. The van der Waals surface area contributed by atoms with E-state index in [0.717, 1.165) is 11.1 Å². The van der Waals surface area contributed by atoms with Gasteiger partial charge in [0.05, 0.1) is 30.2 Å². The normalized spacial score (nSPS) is 29.7. The Balaban J connectivity index is 1.35. The van der Waals surface area contributed by atoms with Crippen LogP contribution in [0, 0.1) is 16.0 Å². The maximum Gasteiger partial charge on any atom is 0.409 e. The van der Waals surface area contributed by atoms with Gasteiger partial charge >= 0.3 is 12.1 Å². The van der Waals surface area contributed by atoms with E-state index in [1.165, 1.54) is 50.1 Å². The van der Waals surface area contributed by atoms with Crippen LogP contribution in [0.3, 0.4) is 0 Å². The van der Waals surface area contributed by atoms with Gasteiger partial charge in [-0.2, -0.15) is 0 Å². The van der Waals surface area contributed by atoms with Crippen LogP contribution in [0.4, 0.5) is 21.9 Å². The van der Waals surface area contributed by atoms with Gasteiger partial charge in [0.25, 0.3) is 11.6 Å². The van der Waals surface area contributed by atoms with Crippen molar-refractivity contribution in [3.05, 3.63) is 79.9 Å². The quantitative estimate of drug-likeness (QED) is 0.156. The van der Waals surface area contributed by atoms with Crippen molar-refractivity contribution in [2.75, 3.05) is 33.2 Å². The molecule has 18 heteroatoms. The van der Waals surface area contributed by atoms with E-state index in [2.05, 4.69) is 10.3 Å². The Labute approximate surface area is 352 Å². The lowest BCUT2D eigenvalue weighted by molar-refractivity contribution is -0.384. The number of hydrogen-bond acceptors (Lipinski definition) is 13. The van der Waals surface area contributed by atoms with Crippen LogP contribution in [0.2, 0.25) is 5.02 Å². The largest absolute Gasteiger partial charge is 0.495 e. The highest BCUT2D eigenvalue weighted by Gasteiger charge is 2.64. The lowest BCUT2D eigenvalue weighted by atomic mass is 9.83. The molecule has 2 saturated heterocycles. The van der Waals surface area contributed by atoms with Crippen LogP contribution in [-0.2, 0) is 41.4 Å². The summed E-state index contributed by atoms with van der Waals surface area (Å²) in [5, 5.41) is 26.2. The Hall–Kier alpha value is -5.36. The van der Waals surface area contributed by atoms with Crippen molar-refractivity contribution in [1.29, 1.82) is 0 Å². The van der Waals surface area contributed by atoms with Crippen molar-refractivity contribution >= 4 is 58.8 Å². The average Bonchev–Trinajstić information content (AvgIpc) is 3.91. The second kappa shape index (κ2) is 17.3. The number of epoxide rings is 1. The van der Waals surface area contributed by atoms with Crippen LogP contribution >= 0.6 is 11.6 Å². The number of carbonyl (C=O) groups excluding carboxylic acids is 4. The Morgan fingerprint density at radius 3 is 2.65 bits per heavy atom. The number of benzene rings is 2. The third-order valence-corrected chi connectivity index (χ3v) is 12.3. The molecule has 2 N–H and O–H groups in total. The first-order chi connectivity index (χ1) is 28.3. The van der Waals surface area contributed by atoms with Crippen LogP contribution in [-0.4, -0.2) is 115 Å². The summed E-state index contributed by atoms with van der Waals surface area (Å²) < 4.78 is 29.3. The number of esters is 1. The van der Waals surface area contributed by atoms with Crippen LogP contribution in [0.5, 0.6) is 5.75 Å². The van der Waals surface area contributed by atoms with Gasteiger partial charge in [0.15, 0.2) is 5.72 Å². The summed E-state index contributed by atoms with van der Waals surface area (Å²) in [6.45, 7) is 6.80. The first-order valence-corrected chi connectivity index (χ1v) is 19.9. The number of fused-ring (bicyclic) bond motifs is 6. The van der Waals surface area contributed by atoms with Crippen molar-refractivity contribution in [1.82, 2.24) is 10.2 Å². The number of rotatable bonds is 7. The molecule has 0 aliphatic carbocycles. The van der Waals surface area contributed by atoms with Crippen molar-refractivity contribution < 1.29 is 52.9 Å². The number of aliphatic hydroxyl groups is 1. The Morgan fingerprint density at radius 2 is 1.97 bits per heavy atom. The van der Waals surface area contributed by atoms with Crippen molar-refractivity contribution in [3.8, 4) is 5.75 Å². The molecular weight excluding hydrogens is 802 g/mol. The molecule has 4 aliphatic rings. The van der Waals surface area contributed by atoms with Crippen molar-refractivity contribution in [2.45, 2.75) is 102 Å². The number of methoxy groups -OCH3 is 2. The second-order valence-electron chi connectivity index (χ2n) is 15.9. The smallest absolute Gasteiger partial charge is 0.409 e. The molecule has 2 aromatic rings. The molecule has 2 aromatic carbocycles. The molecule has 4 bridgehead atoms. The molecule has 0 aromatic heterocycles. The summed E-state index contributed by atoms with van der Waals surface area (Å²) in [5.41, 5.74) is -0.757. The monoisotopic (exact) mass is 851 g/mol. The lowest BCUT2D eigenvalue weighted by Gasteiger charge is -2.42. The minimum atomic E-state index is -1.87. The number of halogens is 1. The topological polar surface area (TPSA) is 212 Å². The number of amides is 3. The first-order valence-electron chi connectivity index (χ1n) is 19.5. The highest BCUT2D eigenvalue weighted by Crippen LogP contribution is 2.49. The number of likely N-dealkylation sites (N-methyl/N-ethyl adjacent to an activating group) is 1. The van der Waals surface area contributed by atoms with Crippen LogP contribution < -0.4 is 15.0 Å². The van der Waals surface area contributed by atoms with Gasteiger partial charge in [-0.1, -0.05) is 42.3 Å².